The number of nitrogens with zero attached hydrogens (tertiary/aromatic N) is 1. The number of nitrogens with one attached hydrogen (secondary N) is 1. The second-order valence-electron chi connectivity index (χ2n) is 5.46. The first-order valence-electron chi connectivity index (χ1n) is 7.22. The fraction of sp³-hybridized carbons (Fsp3) is 0.167. The van der Waals surface area contributed by atoms with E-state index in [1.165, 1.54) is 5.56 Å². The van der Waals surface area contributed by atoms with Crippen LogP contribution in [-0.2, 0) is 6.61 Å². The number of nitrogens with two attached hydrogens (primary N) is 1. The molecule has 3 aromatic rings. The summed E-state index contributed by atoms with van der Waals surface area (Å²) in [6, 6.07) is 15.8. The summed E-state index contributed by atoms with van der Waals surface area (Å²) in [4.78, 5) is 0. The smallest absolute Gasteiger partial charge is 0.130 e. The fourth-order valence-electron chi connectivity index (χ4n) is 2.40. The molecule has 0 bridgehead atoms. The van der Waals surface area contributed by atoms with E-state index in [9.17, 15) is 0 Å². The van der Waals surface area contributed by atoms with Gasteiger partial charge >= 0.3 is 0 Å². The quantitative estimate of drug-likeness (QED) is 0.718. The Labute approximate surface area is 129 Å². The number of nitrogen functional groups attached to an aromatic ring is 1. The van der Waals surface area contributed by atoms with Gasteiger partial charge in [-0.05, 0) is 43.7 Å². The van der Waals surface area contributed by atoms with Gasteiger partial charge in [-0.15, -0.1) is 0 Å². The summed E-state index contributed by atoms with van der Waals surface area (Å²) in [5.74, 6) is 0.894. The lowest BCUT2D eigenvalue weighted by atomic mass is 10.1. The normalized spacial score (nSPS) is 10.6. The van der Waals surface area contributed by atoms with E-state index < -0.39 is 0 Å². The Balaban J connectivity index is 1.72. The van der Waals surface area contributed by atoms with Crippen molar-refractivity contribution in [3.8, 4) is 17.0 Å². The molecule has 1 aromatic heterocycles. The van der Waals surface area contributed by atoms with Crippen LogP contribution in [0.2, 0.25) is 0 Å². The highest BCUT2D eigenvalue weighted by Gasteiger charge is 2.06. The van der Waals surface area contributed by atoms with Gasteiger partial charge < -0.3 is 10.5 Å². The van der Waals surface area contributed by atoms with E-state index in [4.69, 9.17) is 10.5 Å². The average molecular weight is 293 g/mol. The zero-order valence-electron chi connectivity index (χ0n) is 12.8. The lowest BCUT2D eigenvalue weighted by Gasteiger charge is -2.08. The summed E-state index contributed by atoms with van der Waals surface area (Å²) in [7, 11) is 0. The van der Waals surface area contributed by atoms with Gasteiger partial charge in [-0.25, -0.2) is 0 Å². The van der Waals surface area contributed by atoms with E-state index in [2.05, 4.69) is 23.2 Å². The second-order valence-corrected chi connectivity index (χ2v) is 5.46. The Morgan fingerprint density at radius 3 is 2.73 bits per heavy atom. The van der Waals surface area contributed by atoms with Crippen molar-refractivity contribution in [1.82, 2.24) is 10.2 Å². The largest absolute Gasteiger partial charge is 0.487 e. The first kappa shape index (κ1) is 14.2. The zero-order valence-corrected chi connectivity index (χ0v) is 12.8. The van der Waals surface area contributed by atoms with Crippen LogP contribution in [0.4, 0.5) is 5.69 Å². The molecule has 0 radical (unpaired) electrons. The molecule has 4 nitrogen and oxygen atoms in total. The highest BCUT2D eigenvalue weighted by atomic mass is 16.5. The van der Waals surface area contributed by atoms with Crippen molar-refractivity contribution in [1.29, 1.82) is 0 Å². The molecule has 1 heterocycles. The average Bonchev–Trinajstić information content (AvgIpc) is 2.95. The van der Waals surface area contributed by atoms with Gasteiger partial charge in [0.25, 0.3) is 0 Å². The van der Waals surface area contributed by atoms with Crippen LogP contribution in [0.25, 0.3) is 11.3 Å². The molecule has 4 heteroatoms. The van der Waals surface area contributed by atoms with Crippen LogP contribution in [0.1, 0.15) is 16.8 Å². The van der Waals surface area contributed by atoms with Crippen LogP contribution in [0.15, 0.2) is 48.5 Å². The van der Waals surface area contributed by atoms with Gasteiger partial charge in [0.1, 0.15) is 12.4 Å². The molecule has 3 rings (SSSR count). The molecule has 3 N–H and O–H groups in total. The van der Waals surface area contributed by atoms with E-state index in [1.807, 2.05) is 49.4 Å². The number of aryl methyl sites for hydroxylation is 2. The summed E-state index contributed by atoms with van der Waals surface area (Å²) in [5.41, 5.74) is 11.7. The minimum Gasteiger partial charge on any atom is -0.487 e. The number of ether oxygens (including phenoxy) is 1. The zero-order chi connectivity index (χ0) is 15.5. The highest BCUT2D eigenvalue weighted by molar-refractivity contribution is 5.64. The Bertz CT molecular complexity index is 793. The molecular formula is C18H19N3O. The van der Waals surface area contributed by atoms with E-state index >= 15 is 0 Å². The molecule has 0 saturated heterocycles. The number of rotatable bonds is 4. The highest BCUT2D eigenvalue weighted by Crippen LogP contribution is 2.22. The molecule has 2 aromatic carbocycles. The van der Waals surface area contributed by atoms with E-state index in [1.54, 1.807) is 0 Å². The summed E-state index contributed by atoms with van der Waals surface area (Å²) >= 11 is 0. The van der Waals surface area contributed by atoms with Crippen molar-refractivity contribution in [2.75, 3.05) is 5.73 Å². The van der Waals surface area contributed by atoms with Crippen LogP contribution in [0, 0.1) is 13.8 Å². The summed E-state index contributed by atoms with van der Waals surface area (Å²) in [5, 5.41) is 7.32. The molecule has 0 aliphatic heterocycles. The van der Waals surface area contributed by atoms with Gasteiger partial charge in [0.05, 0.1) is 11.4 Å². The maximum absolute atomic E-state index is 5.85. The van der Waals surface area contributed by atoms with Crippen LogP contribution in [-0.4, -0.2) is 10.2 Å². The summed E-state index contributed by atoms with van der Waals surface area (Å²) in [6.07, 6.45) is 0. The molecule has 0 saturated carbocycles. The van der Waals surface area contributed by atoms with Crippen LogP contribution in [0.3, 0.4) is 0 Å². The summed E-state index contributed by atoms with van der Waals surface area (Å²) in [6.45, 7) is 4.58. The first-order chi connectivity index (χ1) is 10.6. The number of anilines is 1. The van der Waals surface area contributed by atoms with Crippen molar-refractivity contribution in [2.45, 2.75) is 20.5 Å². The number of hydrogen-bond donors (Lipinski definition) is 2. The minimum atomic E-state index is 0.458. The lowest BCUT2D eigenvalue weighted by Crippen LogP contribution is -1.97. The molecule has 112 valence electrons. The molecule has 22 heavy (non-hydrogen) atoms. The Hall–Kier alpha value is -2.75. The Morgan fingerprint density at radius 1 is 1.09 bits per heavy atom. The molecule has 0 aliphatic rings. The number of aromatic amines is 1. The standard InChI is InChI=1S/C18H19N3O/c1-12-6-7-18(13(2)8-12)22-11-16-10-17(21-20-16)14-4-3-5-15(19)9-14/h3-10H,11,19H2,1-2H3,(H,20,21). The minimum absolute atomic E-state index is 0.458. The molecule has 0 atom stereocenters. The number of H-pyrrole nitrogens is 1. The third-order valence-electron chi connectivity index (χ3n) is 3.53. The number of hydrogen-bond acceptors (Lipinski definition) is 3. The van der Waals surface area contributed by atoms with E-state index in [-0.39, 0.29) is 0 Å². The molecule has 0 spiro atoms. The second kappa shape index (κ2) is 5.93. The van der Waals surface area contributed by atoms with Gasteiger partial charge in [-0.3, -0.25) is 5.10 Å². The third-order valence-corrected chi connectivity index (χ3v) is 3.53. The molecule has 0 aliphatic carbocycles. The van der Waals surface area contributed by atoms with Crippen LogP contribution in [0.5, 0.6) is 5.75 Å². The molecular weight excluding hydrogens is 274 g/mol. The van der Waals surface area contributed by atoms with Gasteiger partial charge in [0.15, 0.2) is 0 Å². The fourth-order valence-corrected chi connectivity index (χ4v) is 2.40. The number of aromatic nitrogens is 2. The maximum atomic E-state index is 5.85. The van der Waals surface area contributed by atoms with Crippen molar-refractivity contribution in [3.05, 3.63) is 65.4 Å². The van der Waals surface area contributed by atoms with Gasteiger partial charge in [0.2, 0.25) is 0 Å². The predicted molar refractivity (Wildman–Crippen MR) is 88.7 cm³/mol. The van der Waals surface area contributed by atoms with Crippen molar-refractivity contribution < 1.29 is 4.74 Å². The van der Waals surface area contributed by atoms with Crippen molar-refractivity contribution in [2.24, 2.45) is 0 Å². The molecule has 0 unspecified atom stereocenters. The first-order valence-corrected chi connectivity index (χ1v) is 7.22. The maximum Gasteiger partial charge on any atom is 0.130 e. The SMILES string of the molecule is Cc1ccc(OCc2cc(-c3cccc(N)c3)n[nH]2)c(C)c1. The predicted octanol–water partition coefficient (Wildman–Crippen LogP) is 3.85. The monoisotopic (exact) mass is 293 g/mol. The van der Waals surface area contributed by atoms with Crippen molar-refractivity contribution >= 4 is 5.69 Å². The number of benzene rings is 2. The summed E-state index contributed by atoms with van der Waals surface area (Å²) < 4.78 is 5.85. The molecule has 0 fully saturated rings. The topological polar surface area (TPSA) is 63.9 Å². The molecule has 0 amide bonds. The Kier molecular flexibility index (Phi) is 3.83. The van der Waals surface area contributed by atoms with Gasteiger partial charge in [-0.1, -0.05) is 29.8 Å². The van der Waals surface area contributed by atoms with Gasteiger partial charge in [0, 0.05) is 11.3 Å². The van der Waals surface area contributed by atoms with Crippen molar-refractivity contribution in [3.63, 3.8) is 0 Å². The van der Waals surface area contributed by atoms with Crippen LogP contribution < -0.4 is 10.5 Å². The van der Waals surface area contributed by atoms with E-state index in [0.29, 0.717) is 6.61 Å². The van der Waals surface area contributed by atoms with Gasteiger partial charge in [-0.2, -0.15) is 5.10 Å². The van der Waals surface area contributed by atoms with Crippen LogP contribution >= 0.6 is 0 Å². The third kappa shape index (κ3) is 3.11. The van der Waals surface area contributed by atoms with E-state index in [0.717, 1.165) is 34.0 Å². The lowest BCUT2D eigenvalue weighted by molar-refractivity contribution is 0.299. The Morgan fingerprint density at radius 2 is 1.95 bits per heavy atom.